The average molecular weight is 287 g/mol. The fourth-order valence-electron chi connectivity index (χ4n) is 3.98. The van der Waals surface area contributed by atoms with Crippen LogP contribution in [-0.2, 0) is 19.4 Å². The van der Waals surface area contributed by atoms with E-state index in [1.165, 1.54) is 42.6 Å². The normalized spacial score (nSPS) is 25.9. The van der Waals surface area contributed by atoms with Gasteiger partial charge in [0.1, 0.15) is 5.82 Å². The number of hydrogen-bond acceptors (Lipinski definition) is 3. The van der Waals surface area contributed by atoms with Crippen LogP contribution in [0.1, 0.15) is 75.1 Å². The van der Waals surface area contributed by atoms with Crippen molar-refractivity contribution in [2.45, 2.75) is 71.8 Å². The Morgan fingerprint density at radius 2 is 1.90 bits per heavy atom. The summed E-state index contributed by atoms with van der Waals surface area (Å²) in [5.41, 5.74) is 4.01. The highest BCUT2D eigenvalue weighted by molar-refractivity contribution is 5.29. The predicted octanol–water partition coefficient (Wildman–Crippen LogP) is 3.61. The lowest BCUT2D eigenvalue weighted by Gasteiger charge is -2.31. The summed E-state index contributed by atoms with van der Waals surface area (Å²) in [6, 6.07) is 0. The summed E-state index contributed by atoms with van der Waals surface area (Å²) in [6.07, 6.45) is 7.39. The largest absolute Gasteiger partial charge is 0.311 e. The van der Waals surface area contributed by atoms with Crippen LogP contribution in [0.3, 0.4) is 0 Å². The summed E-state index contributed by atoms with van der Waals surface area (Å²) in [4.78, 5) is 9.90. The molecule has 0 saturated heterocycles. The Morgan fingerprint density at radius 3 is 2.57 bits per heavy atom. The molecule has 1 aromatic rings. The van der Waals surface area contributed by atoms with Crippen LogP contribution in [0, 0.1) is 11.8 Å². The predicted molar refractivity (Wildman–Crippen MR) is 86.4 cm³/mol. The topological polar surface area (TPSA) is 37.8 Å². The molecule has 3 nitrogen and oxygen atoms in total. The van der Waals surface area contributed by atoms with Gasteiger partial charge in [-0.1, -0.05) is 20.8 Å². The van der Waals surface area contributed by atoms with Crippen LogP contribution in [0.15, 0.2) is 0 Å². The van der Waals surface area contributed by atoms with Gasteiger partial charge >= 0.3 is 0 Å². The summed E-state index contributed by atoms with van der Waals surface area (Å²) in [5, 5.41) is 3.45. The standard InChI is InChI=1S/C18H29N3/c1-4-16-15-9-10-19-11-17(15)21-18(20-16)14-7-5-13(6-8-14)12(2)3/h12-14,19H,4-11H2,1-3H3. The number of nitrogens with zero attached hydrogens (tertiary/aromatic N) is 2. The Morgan fingerprint density at radius 1 is 1.14 bits per heavy atom. The van der Waals surface area contributed by atoms with E-state index in [-0.39, 0.29) is 0 Å². The van der Waals surface area contributed by atoms with E-state index in [1.807, 2.05) is 0 Å². The number of nitrogens with one attached hydrogen (secondary N) is 1. The Kier molecular flexibility index (Phi) is 4.58. The highest BCUT2D eigenvalue weighted by atomic mass is 15.0. The van der Waals surface area contributed by atoms with Gasteiger partial charge in [-0.3, -0.25) is 0 Å². The SMILES string of the molecule is CCc1nc(C2CCC(C(C)C)CC2)nc2c1CCNC2. The molecule has 1 N–H and O–H groups in total. The van der Waals surface area contributed by atoms with Gasteiger partial charge in [-0.2, -0.15) is 0 Å². The molecule has 1 aliphatic heterocycles. The van der Waals surface area contributed by atoms with Gasteiger partial charge in [-0.05, 0) is 62.5 Å². The maximum Gasteiger partial charge on any atom is 0.132 e. The van der Waals surface area contributed by atoms with Crippen LogP contribution in [0.2, 0.25) is 0 Å². The molecule has 0 amide bonds. The van der Waals surface area contributed by atoms with Gasteiger partial charge in [0, 0.05) is 18.2 Å². The van der Waals surface area contributed by atoms with E-state index in [0.29, 0.717) is 5.92 Å². The molecule has 0 bridgehead atoms. The van der Waals surface area contributed by atoms with Crippen LogP contribution >= 0.6 is 0 Å². The van der Waals surface area contributed by atoms with Crippen LogP contribution in [-0.4, -0.2) is 16.5 Å². The lowest BCUT2D eigenvalue weighted by molar-refractivity contribution is 0.254. The first kappa shape index (κ1) is 15.0. The number of rotatable bonds is 3. The van der Waals surface area contributed by atoms with E-state index in [9.17, 15) is 0 Å². The molecule has 0 atom stereocenters. The van der Waals surface area contributed by atoms with Gasteiger partial charge in [0.2, 0.25) is 0 Å². The third-order valence-electron chi connectivity index (χ3n) is 5.45. The number of fused-ring (bicyclic) bond motifs is 1. The second-order valence-corrected chi connectivity index (χ2v) is 7.09. The minimum absolute atomic E-state index is 0.595. The van der Waals surface area contributed by atoms with Crippen molar-refractivity contribution in [3.63, 3.8) is 0 Å². The monoisotopic (exact) mass is 287 g/mol. The van der Waals surface area contributed by atoms with E-state index in [2.05, 4.69) is 26.1 Å². The zero-order valence-corrected chi connectivity index (χ0v) is 13.8. The third-order valence-corrected chi connectivity index (χ3v) is 5.45. The first-order valence-corrected chi connectivity index (χ1v) is 8.78. The fraction of sp³-hybridized carbons (Fsp3) is 0.778. The van der Waals surface area contributed by atoms with E-state index in [0.717, 1.165) is 43.6 Å². The molecule has 3 rings (SSSR count). The molecule has 1 aromatic heterocycles. The average Bonchev–Trinajstić information content (AvgIpc) is 2.53. The van der Waals surface area contributed by atoms with Crippen molar-refractivity contribution in [2.24, 2.45) is 11.8 Å². The summed E-state index contributed by atoms with van der Waals surface area (Å²) < 4.78 is 0. The third kappa shape index (κ3) is 3.13. The molecule has 1 saturated carbocycles. The van der Waals surface area contributed by atoms with Crippen molar-refractivity contribution in [3.05, 3.63) is 22.8 Å². The van der Waals surface area contributed by atoms with Crippen LogP contribution in [0.5, 0.6) is 0 Å². The maximum atomic E-state index is 4.96. The Balaban J connectivity index is 1.80. The molecule has 3 heteroatoms. The van der Waals surface area contributed by atoms with Crippen LogP contribution in [0.25, 0.3) is 0 Å². The lowest BCUT2D eigenvalue weighted by Crippen LogP contribution is -2.28. The Hall–Kier alpha value is -0.960. The Labute approximate surface area is 129 Å². The maximum absolute atomic E-state index is 4.96. The second-order valence-electron chi connectivity index (χ2n) is 7.09. The second kappa shape index (κ2) is 6.43. The van der Waals surface area contributed by atoms with Gasteiger partial charge in [-0.15, -0.1) is 0 Å². The minimum Gasteiger partial charge on any atom is -0.311 e. The van der Waals surface area contributed by atoms with Gasteiger partial charge in [0.25, 0.3) is 0 Å². The van der Waals surface area contributed by atoms with Gasteiger partial charge in [-0.25, -0.2) is 9.97 Å². The van der Waals surface area contributed by atoms with Crippen molar-refractivity contribution in [1.82, 2.24) is 15.3 Å². The van der Waals surface area contributed by atoms with E-state index in [1.54, 1.807) is 0 Å². The molecule has 0 spiro atoms. The highest BCUT2D eigenvalue weighted by Gasteiger charge is 2.27. The zero-order valence-electron chi connectivity index (χ0n) is 13.8. The molecule has 1 aliphatic carbocycles. The van der Waals surface area contributed by atoms with Crippen molar-refractivity contribution in [1.29, 1.82) is 0 Å². The molecule has 0 unspecified atom stereocenters. The quantitative estimate of drug-likeness (QED) is 0.922. The fourth-order valence-corrected chi connectivity index (χ4v) is 3.98. The summed E-state index contributed by atoms with van der Waals surface area (Å²) in [6.45, 7) is 8.95. The summed E-state index contributed by atoms with van der Waals surface area (Å²) in [7, 11) is 0. The molecular formula is C18H29N3. The molecule has 21 heavy (non-hydrogen) atoms. The minimum atomic E-state index is 0.595. The van der Waals surface area contributed by atoms with Gasteiger partial charge in [0.15, 0.2) is 0 Å². The summed E-state index contributed by atoms with van der Waals surface area (Å²) >= 11 is 0. The van der Waals surface area contributed by atoms with E-state index in [4.69, 9.17) is 9.97 Å². The van der Waals surface area contributed by atoms with Crippen molar-refractivity contribution < 1.29 is 0 Å². The van der Waals surface area contributed by atoms with E-state index < -0.39 is 0 Å². The smallest absolute Gasteiger partial charge is 0.132 e. The number of aromatic nitrogens is 2. The first-order chi connectivity index (χ1) is 10.2. The number of hydrogen-bond donors (Lipinski definition) is 1. The molecule has 0 radical (unpaired) electrons. The molecule has 1 fully saturated rings. The van der Waals surface area contributed by atoms with Crippen molar-refractivity contribution in [2.75, 3.05) is 6.54 Å². The van der Waals surface area contributed by atoms with Crippen LogP contribution < -0.4 is 5.32 Å². The molecule has 116 valence electrons. The van der Waals surface area contributed by atoms with E-state index >= 15 is 0 Å². The Bertz CT molecular complexity index is 470. The first-order valence-electron chi connectivity index (χ1n) is 8.78. The van der Waals surface area contributed by atoms with Crippen molar-refractivity contribution >= 4 is 0 Å². The van der Waals surface area contributed by atoms with Crippen molar-refractivity contribution in [3.8, 4) is 0 Å². The highest BCUT2D eigenvalue weighted by Crippen LogP contribution is 2.37. The molecule has 2 aliphatic rings. The van der Waals surface area contributed by atoms with Gasteiger partial charge in [0.05, 0.1) is 5.69 Å². The summed E-state index contributed by atoms with van der Waals surface area (Å²) in [5.74, 6) is 3.46. The van der Waals surface area contributed by atoms with Crippen LogP contribution in [0.4, 0.5) is 0 Å². The lowest BCUT2D eigenvalue weighted by atomic mass is 9.76. The number of aryl methyl sites for hydroxylation is 1. The zero-order chi connectivity index (χ0) is 14.8. The van der Waals surface area contributed by atoms with Gasteiger partial charge < -0.3 is 5.32 Å². The molecule has 2 heterocycles. The molecule has 0 aromatic carbocycles. The molecular weight excluding hydrogens is 258 g/mol.